The number of hydrogen-bond acceptors (Lipinski definition) is 6. The number of hydrogen-bond donors (Lipinski definition) is 1. The van der Waals surface area contributed by atoms with Crippen molar-refractivity contribution in [1.29, 1.82) is 5.26 Å². The summed E-state index contributed by atoms with van der Waals surface area (Å²) in [4.78, 5) is 4.28. The number of nitrogens with zero attached hydrogens (tertiary/aromatic N) is 2. The number of furan rings is 1. The molecule has 0 spiro atoms. The average Bonchev–Trinajstić information content (AvgIpc) is 3.42. The first-order valence-electron chi connectivity index (χ1n) is 10.0. The molecule has 0 radical (unpaired) electrons. The van der Waals surface area contributed by atoms with Crippen LogP contribution in [0.4, 0.5) is 5.88 Å². The summed E-state index contributed by atoms with van der Waals surface area (Å²) in [7, 11) is 0. The average molecular weight is 413 g/mol. The van der Waals surface area contributed by atoms with Crippen LogP contribution in [0.2, 0.25) is 0 Å². The van der Waals surface area contributed by atoms with Gasteiger partial charge in [0.1, 0.15) is 24.2 Å². The van der Waals surface area contributed by atoms with E-state index < -0.39 is 0 Å². The van der Waals surface area contributed by atoms with Gasteiger partial charge in [0, 0.05) is 0 Å². The zero-order chi connectivity index (χ0) is 21.8. The highest BCUT2D eigenvalue weighted by molar-refractivity contribution is 5.55. The smallest absolute Gasteiger partial charge is 0.266 e. The molecule has 6 heteroatoms. The molecule has 1 N–H and O–H groups in total. The molecule has 0 aliphatic rings. The molecule has 2 aromatic carbocycles. The molecule has 0 amide bonds. The third kappa shape index (κ3) is 4.62. The number of aryl methyl sites for hydroxylation is 2. The molecular formula is C25H23N3O3. The van der Waals surface area contributed by atoms with Gasteiger partial charge in [0.15, 0.2) is 5.76 Å². The van der Waals surface area contributed by atoms with Gasteiger partial charge in [-0.15, -0.1) is 0 Å². The summed E-state index contributed by atoms with van der Waals surface area (Å²) in [5.41, 5.74) is 3.46. The second kappa shape index (κ2) is 8.80. The number of benzene rings is 2. The van der Waals surface area contributed by atoms with Gasteiger partial charge >= 0.3 is 0 Å². The van der Waals surface area contributed by atoms with E-state index in [0.717, 1.165) is 22.4 Å². The number of anilines is 1. The number of aromatic nitrogens is 1. The SMILES string of the molecule is Cc1ccc(C)c(OCc2ccc(-c3nc(C#N)c(NC(C)c4ccccc4)o3)o2)c1. The minimum atomic E-state index is -0.0489. The lowest BCUT2D eigenvalue weighted by Gasteiger charge is -2.12. The second-order valence-electron chi connectivity index (χ2n) is 7.41. The van der Waals surface area contributed by atoms with Gasteiger partial charge in [0.05, 0.1) is 6.04 Å². The summed E-state index contributed by atoms with van der Waals surface area (Å²) in [6, 6.07) is 21.6. The zero-order valence-corrected chi connectivity index (χ0v) is 17.7. The lowest BCUT2D eigenvalue weighted by atomic mass is 10.1. The first-order valence-corrected chi connectivity index (χ1v) is 10.0. The summed E-state index contributed by atoms with van der Waals surface area (Å²) in [5.74, 6) is 2.47. The van der Waals surface area contributed by atoms with E-state index >= 15 is 0 Å². The molecule has 0 fully saturated rings. The second-order valence-corrected chi connectivity index (χ2v) is 7.41. The Morgan fingerprint density at radius 1 is 1.06 bits per heavy atom. The molecule has 1 atom stereocenters. The minimum absolute atomic E-state index is 0.0489. The summed E-state index contributed by atoms with van der Waals surface area (Å²) < 4.78 is 17.6. The molecule has 2 heterocycles. The predicted octanol–water partition coefficient (Wildman–Crippen LogP) is 6.18. The number of nitriles is 1. The molecule has 4 aromatic rings. The molecule has 2 aromatic heterocycles. The van der Waals surface area contributed by atoms with Gasteiger partial charge in [0.2, 0.25) is 11.6 Å². The van der Waals surface area contributed by atoms with Gasteiger partial charge in [0.25, 0.3) is 5.89 Å². The van der Waals surface area contributed by atoms with E-state index in [1.54, 1.807) is 6.07 Å². The van der Waals surface area contributed by atoms with E-state index in [9.17, 15) is 5.26 Å². The molecule has 0 aliphatic carbocycles. The maximum Gasteiger partial charge on any atom is 0.266 e. The molecule has 0 saturated carbocycles. The van der Waals surface area contributed by atoms with Crippen molar-refractivity contribution in [2.45, 2.75) is 33.4 Å². The van der Waals surface area contributed by atoms with Crippen LogP contribution in [0.15, 0.2) is 69.5 Å². The largest absolute Gasteiger partial charge is 0.485 e. The first kappa shape index (κ1) is 20.3. The van der Waals surface area contributed by atoms with Gasteiger partial charge in [-0.3, -0.25) is 0 Å². The molecule has 31 heavy (non-hydrogen) atoms. The maximum absolute atomic E-state index is 9.46. The molecular weight excluding hydrogens is 390 g/mol. The topological polar surface area (TPSA) is 84.2 Å². The van der Waals surface area contributed by atoms with Crippen LogP contribution < -0.4 is 10.1 Å². The molecule has 0 aliphatic heterocycles. The van der Waals surface area contributed by atoms with Gasteiger partial charge in [-0.25, -0.2) is 0 Å². The van der Waals surface area contributed by atoms with Crippen molar-refractivity contribution < 1.29 is 13.6 Å². The fourth-order valence-electron chi connectivity index (χ4n) is 3.20. The van der Waals surface area contributed by atoms with Crippen molar-refractivity contribution in [1.82, 2.24) is 4.98 Å². The van der Waals surface area contributed by atoms with Crippen LogP contribution in [0.5, 0.6) is 5.75 Å². The predicted molar refractivity (Wildman–Crippen MR) is 118 cm³/mol. The van der Waals surface area contributed by atoms with E-state index in [2.05, 4.69) is 16.4 Å². The molecule has 0 bridgehead atoms. The molecule has 156 valence electrons. The number of rotatable bonds is 7. The van der Waals surface area contributed by atoms with Crippen LogP contribution >= 0.6 is 0 Å². The highest BCUT2D eigenvalue weighted by Gasteiger charge is 2.19. The zero-order valence-electron chi connectivity index (χ0n) is 17.7. The monoisotopic (exact) mass is 413 g/mol. The minimum Gasteiger partial charge on any atom is -0.485 e. The Morgan fingerprint density at radius 3 is 2.65 bits per heavy atom. The Hall–Kier alpha value is -3.98. The highest BCUT2D eigenvalue weighted by atomic mass is 16.5. The molecule has 1 unspecified atom stereocenters. The fraction of sp³-hybridized carbons (Fsp3) is 0.200. The van der Waals surface area contributed by atoms with Crippen LogP contribution in [0, 0.1) is 25.2 Å². The Bertz CT molecular complexity index is 1220. The lowest BCUT2D eigenvalue weighted by molar-refractivity contribution is 0.269. The lowest BCUT2D eigenvalue weighted by Crippen LogP contribution is -2.06. The van der Waals surface area contributed by atoms with Gasteiger partial charge in [-0.1, -0.05) is 42.5 Å². The standard InChI is InChI=1S/C25H23N3O3/c1-16-9-10-17(2)23(13-16)29-15-20-11-12-22(30-20)25-28-21(14-26)24(31-25)27-18(3)19-7-5-4-6-8-19/h4-13,18,27H,15H2,1-3H3. The number of ether oxygens (including phenoxy) is 1. The summed E-state index contributed by atoms with van der Waals surface area (Å²) >= 11 is 0. The van der Waals surface area contributed by atoms with E-state index in [1.807, 2.05) is 75.4 Å². The third-order valence-corrected chi connectivity index (χ3v) is 4.97. The summed E-state index contributed by atoms with van der Waals surface area (Å²) in [6.07, 6.45) is 0. The Kier molecular flexibility index (Phi) is 5.76. The summed E-state index contributed by atoms with van der Waals surface area (Å²) in [6.45, 7) is 6.31. The quantitative estimate of drug-likeness (QED) is 0.390. The van der Waals surface area contributed by atoms with Crippen LogP contribution in [-0.4, -0.2) is 4.98 Å². The highest BCUT2D eigenvalue weighted by Crippen LogP contribution is 2.30. The number of oxazole rings is 1. The third-order valence-electron chi connectivity index (χ3n) is 4.97. The van der Waals surface area contributed by atoms with Crippen molar-refractivity contribution in [3.05, 3.63) is 88.8 Å². The molecule has 4 rings (SSSR count). The van der Waals surface area contributed by atoms with E-state index in [4.69, 9.17) is 13.6 Å². The van der Waals surface area contributed by atoms with Crippen LogP contribution in [-0.2, 0) is 6.61 Å². The van der Waals surface area contributed by atoms with Crippen LogP contribution in [0.1, 0.15) is 41.1 Å². The van der Waals surface area contributed by atoms with Crippen LogP contribution in [0.3, 0.4) is 0 Å². The Labute approximate surface area is 181 Å². The maximum atomic E-state index is 9.46. The van der Waals surface area contributed by atoms with Crippen molar-refractivity contribution >= 4 is 5.88 Å². The fourth-order valence-corrected chi connectivity index (χ4v) is 3.20. The van der Waals surface area contributed by atoms with Crippen LogP contribution in [0.25, 0.3) is 11.7 Å². The van der Waals surface area contributed by atoms with Crippen molar-refractivity contribution in [3.8, 4) is 23.5 Å². The van der Waals surface area contributed by atoms with Crippen molar-refractivity contribution in [2.24, 2.45) is 0 Å². The summed E-state index contributed by atoms with van der Waals surface area (Å²) in [5, 5.41) is 12.7. The van der Waals surface area contributed by atoms with Crippen molar-refractivity contribution in [2.75, 3.05) is 5.32 Å². The first-order chi connectivity index (χ1) is 15.0. The normalized spacial score (nSPS) is 11.7. The molecule has 0 saturated heterocycles. The van der Waals surface area contributed by atoms with Gasteiger partial charge in [-0.05, 0) is 55.7 Å². The van der Waals surface area contributed by atoms with E-state index in [0.29, 0.717) is 17.4 Å². The van der Waals surface area contributed by atoms with Gasteiger partial charge in [-0.2, -0.15) is 10.2 Å². The Balaban J connectivity index is 1.48. The Morgan fingerprint density at radius 2 is 1.87 bits per heavy atom. The van der Waals surface area contributed by atoms with Crippen molar-refractivity contribution in [3.63, 3.8) is 0 Å². The molecule has 6 nitrogen and oxygen atoms in total. The van der Waals surface area contributed by atoms with E-state index in [-0.39, 0.29) is 24.2 Å². The van der Waals surface area contributed by atoms with Gasteiger partial charge < -0.3 is 18.9 Å². The van der Waals surface area contributed by atoms with E-state index in [1.165, 1.54) is 0 Å². The number of nitrogens with one attached hydrogen (secondary N) is 1.